The summed E-state index contributed by atoms with van der Waals surface area (Å²) in [6, 6.07) is 4.09. The average Bonchev–Trinajstić information content (AvgIpc) is 3.04. The van der Waals surface area contributed by atoms with Crippen molar-refractivity contribution in [3.05, 3.63) is 141 Å². The zero-order valence-electron chi connectivity index (χ0n) is 28.2. The van der Waals surface area contributed by atoms with Crippen molar-refractivity contribution in [3.63, 3.8) is 0 Å². The Morgan fingerprint density at radius 1 is 0.518 bits per heavy atom. The molecule has 0 heterocycles. The van der Waals surface area contributed by atoms with Gasteiger partial charge in [-0.25, -0.2) is 39.5 Å². The first-order valence-corrected chi connectivity index (χ1v) is 16.5. The zero-order chi connectivity index (χ0) is 41.3. The first kappa shape index (κ1) is 41.9. The summed E-state index contributed by atoms with van der Waals surface area (Å²) in [5.74, 6) is -18.3. The first-order valence-electron chi connectivity index (χ1n) is 16.1. The lowest BCUT2D eigenvalue weighted by molar-refractivity contribution is -0.276. The maximum Gasteiger partial charge on any atom is 0.573 e. The molecule has 0 N–H and O–H groups in total. The summed E-state index contributed by atoms with van der Waals surface area (Å²) in [6.45, 7) is 1.97. The molecule has 296 valence electrons. The largest absolute Gasteiger partial charge is 0.573 e. The van der Waals surface area contributed by atoms with E-state index < -0.39 is 120 Å². The van der Waals surface area contributed by atoms with Gasteiger partial charge in [0.2, 0.25) is 5.75 Å². The molecule has 5 aromatic carbocycles. The summed E-state index contributed by atoms with van der Waals surface area (Å²) in [5.41, 5.74) is -7.14. The van der Waals surface area contributed by atoms with Crippen LogP contribution in [0.2, 0.25) is 5.02 Å². The molecule has 0 saturated heterocycles. The van der Waals surface area contributed by atoms with Crippen LogP contribution in [-0.2, 0) is 12.5 Å². The van der Waals surface area contributed by atoms with Crippen LogP contribution in [-0.4, -0.2) is 6.36 Å². The normalized spacial score (nSPS) is 12.1. The molecule has 0 aliphatic rings. The molecule has 5 aromatic rings. The predicted octanol–water partition coefficient (Wildman–Crippen LogP) is 13.9. The standard InChI is InChI=1S/C39H23ClF14O2/c1-2-3-4-5-6-7-18-8-24(41)34(25(42)9-18)20-10-26(43)35(27(44)11-20)21-12-29(46)36(30(47)13-21)38(50,51)55-22-16-23(40)33(28(45)17-22)19-14-31(48)37(32(49)15-19)56-39(52,53)54/h4-5,8-17H,2-3,6-7H2,1H3. The quantitative estimate of drug-likeness (QED) is 0.0922. The van der Waals surface area contributed by atoms with Gasteiger partial charge in [0, 0.05) is 11.6 Å². The van der Waals surface area contributed by atoms with Crippen LogP contribution >= 0.6 is 11.6 Å². The van der Waals surface area contributed by atoms with E-state index in [2.05, 4.69) is 9.47 Å². The van der Waals surface area contributed by atoms with Crippen molar-refractivity contribution in [2.24, 2.45) is 0 Å². The fourth-order valence-corrected chi connectivity index (χ4v) is 5.99. The van der Waals surface area contributed by atoms with Gasteiger partial charge in [-0.3, -0.25) is 0 Å². The monoisotopic (exact) mass is 824 g/mol. The Hall–Kier alpha value is -5.25. The minimum atomic E-state index is -5.50. The molecule has 0 fully saturated rings. The summed E-state index contributed by atoms with van der Waals surface area (Å²) in [5, 5.41) is -0.907. The molecule has 2 nitrogen and oxygen atoms in total. The predicted molar refractivity (Wildman–Crippen MR) is 177 cm³/mol. The highest BCUT2D eigenvalue weighted by molar-refractivity contribution is 6.33. The number of aryl methyl sites for hydroxylation is 1. The van der Waals surface area contributed by atoms with Crippen molar-refractivity contribution in [2.75, 3.05) is 0 Å². The van der Waals surface area contributed by atoms with Crippen molar-refractivity contribution in [3.8, 4) is 44.9 Å². The summed E-state index contributed by atoms with van der Waals surface area (Å²) in [4.78, 5) is 0. The molecule has 0 bridgehead atoms. The number of hydrogen-bond donors (Lipinski definition) is 0. The van der Waals surface area contributed by atoms with Crippen LogP contribution in [0.25, 0.3) is 33.4 Å². The highest BCUT2D eigenvalue weighted by Gasteiger charge is 2.42. The number of unbranched alkanes of at least 4 members (excludes halogenated alkanes) is 1. The molecule has 0 aliphatic carbocycles. The molecular formula is C39H23ClF14O2. The van der Waals surface area contributed by atoms with Gasteiger partial charge in [0.1, 0.15) is 52.0 Å². The smallest absolute Gasteiger partial charge is 0.429 e. The van der Waals surface area contributed by atoms with E-state index in [9.17, 15) is 30.7 Å². The molecule has 0 unspecified atom stereocenters. The zero-order valence-corrected chi connectivity index (χ0v) is 29.0. The number of rotatable bonds is 12. The van der Waals surface area contributed by atoms with Crippen molar-refractivity contribution < 1.29 is 70.9 Å². The number of halogens is 15. The third kappa shape index (κ3) is 9.23. The van der Waals surface area contributed by atoms with Gasteiger partial charge in [0.05, 0.1) is 16.1 Å². The van der Waals surface area contributed by atoms with Crippen molar-refractivity contribution >= 4 is 11.6 Å². The van der Waals surface area contributed by atoms with Gasteiger partial charge in [0.25, 0.3) is 0 Å². The molecule has 0 radical (unpaired) electrons. The van der Waals surface area contributed by atoms with Crippen LogP contribution in [0.1, 0.15) is 37.3 Å². The molecular weight excluding hydrogens is 802 g/mol. The first-order chi connectivity index (χ1) is 26.2. The molecule has 0 atom stereocenters. The van der Waals surface area contributed by atoms with Gasteiger partial charge in [-0.1, -0.05) is 37.1 Å². The molecule has 0 aromatic heterocycles. The number of benzene rings is 5. The van der Waals surface area contributed by atoms with Gasteiger partial charge in [-0.2, -0.15) is 8.78 Å². The fourth-order valence-electron chi connectivity index (χ4n) is 5.69. The Kier molecular flexibility index (Phi) is 12.3. The maximum absolute atomic E-state index is 15.3. The lowest BCUT2D eigenvalue weighted by Crippen LogP contribution is -2.25. The van der Waals surface area contributed by atoms with E-state index in [0.29, 0.717) is 24.6 Å². The van der Waals surface area contributed by atoms with Gasteiger partial charge >= 0.3 is 12.5 Å². The molecule has 17 heteroatoms. The number of hydrogen-bond acceptors (Lipinski definition) is 2. The molecule has 5 rings (SSSR count). The van der Waals surface area contributed by atoms with Crippen LogP contribution in [0, 0.1) is 52.4 Å². The van der Waals surface area contributed by atoms with Crippen molar-refractivity contribution in [1.82, 2.24) is 0 Å². The van der Waals surface area contributed by atoms with Crippen LogP contribution in [0.3, 0.4) is 0 Å². The van der Waals surface area contributed by atoms with Gasteiger partial charge in [-0.05, 0) is 96.1 Å². The lowest BCUT2D eigenvalue weighted by atomic mass is 9.96. The van der Waals surface area contributed by atoms with E-state index in [1.807, 2.05) is 19.1 Å². The minimum absolute atomic E-state index is 0.105. The molecule has 56 heavy (non-hydrogen) atoms. The molecule has 0 amide bonds. The van der Waals surface area contributed by atoms with E-state index in [1.165, 1.54) is 0 Å². The highest BCUT2D eigenvalue weighted by Crippen LogP contribution is 2.43. The Bertz CT molecular complexity index is 2210. The Morgan fingerprint density at radius 2 is 0.946 bits per heavy atom. The van der Waals surface area contributed by atoms with E-state index in [0.717, 1.165) is 25.0 Å². The molecule has 0 aliphatic heterocycles. The summed E-state index contributed by atoms with van der Waals surface area (Å²) in [7, 11) is 0. The maximum atomic E-state index is 15.3. The summed E-state index contributed by atoms with van der Waals surface area (Å²) >= 11 is 5.90. The Morgan fingerprint density at radius 3 is 1.43 bits per heavy atom. The Balaban J connectivity index is 1.41. The lowest BCUT2D eigenvalue weighted by Gasteiger charge is -2.21. The van der Waals surface area contributed by atoms with Gasteiger partial charge in [-0.15, -0.1) is 13.2 Å². The van der Waals surface area contributed by atoms with Gasteiger partial charge < -0.3 is 9.47 Å². The third-order valence-corrected chi connectivity index (χ3v) is 8.34. The average molecular weight is 825 g/mol. The van der Waals surface area contributed by atoms with E-state index in [-0.39, 0.29) is 42.3 Å². The second kappa shape index (κ2) is 16.5. The van der Waals surface area contributed by atoms with Crippen molar-refractivity contribution in [2.45, 2.75) is 45.1 Å². The number of allylic oxidation sites excluding steroid dienone is 2. The summed E-state index contributed by atoms with van der Waals surface area (Å²) in [6.07, 6.45) is -4.29. The van der Waals surface area contributed by atoms with E-state index >= 15 is 30.7 Å². The van der Waals surface area contributed by atoms with Gasteiger partial charge in [0.15, 0.2) is 11.6 Å². The van der Waals surface area contributed by atoms with Crippen LogP contribution in [0.4, 0.5) is 61.5 Å². The topological polar surface area (TPSA) is 18.5 Å². The highest BCUT2D eigenvalue weighted by atomic mass is 35.5. The second-order valence-electron chi connectivity index (χ2n) is 12.1. The second-order valence-corrected chi connectivity index (χ2v) is 12.5. The third-order valence-electron chi connectivity index (χ3n) is 8.04. The minimum Gasteiger partial charge on any atom is -0.429 e. The summed E-state index contributed by atoms with van der Waals surface area (Å²) < 4.78 is 210. The molecule has 0 spiro atoms. The fraction of sp³-hybridized carbons (Fsp3) is 0.179. The number of alkyl halides is 5. The number of ether oxygens (including phenoxy) is 2. The van der Waals surface area contributed by atoms with Crippen LogP contribution in [0.5, 0.6) is 11.5 Å². The molecule has 0 saturated carbocycles. The van der Waals surface area contributed by atoms with Crippen molar-refractivity contribution in [1.29, 1.82) is 0 Å². The van der Waals surface area contributed by atoms with E-state index in [4.69, 9.17) is 11.6 Å². The van der Waals surface area contributed by atoms with E-state index in [1.54, 1.807) is 0 Å². The SMILES string of the molecule is CCCC=CCCc1cc(F)c(-c2cc(F)c(-c3cc(F)c(C(F)(F)Oc4cc(F)c(-c5cc(F)c(OC(F)(F)F)c(F)c5)c(Cl)c4)c(F)c3)c(F)c2)c(F)c1. The van der Waals surface area contributed by atoms with Crippen LogP contribution < -0.4 is 9.47 Å². The van der Waals surface area contributed by atoms with Crippen LogP contribution in [0.15, 0.2) is 72.8 Å². The Labute approximate surface area is 313 Å².